The Bertz CT molecular complexity index is 570. The molecule has 1 saturated carbocycles. The van der Waals surface area contributed by atoms with Crippen molar-refractivity contribution in [1.29, 1.82) is 0 Å². The molecule has 1 unspecified atom stereocenters. The van der Waals surface area contributed by atoms with Gasteiger partial charge in [-0.25, -0.2) is 0 Å². The third-order valence-corrected chi connectivity index (χ3v) is 4.49. The lowest BCUT2D eigenvalue weighted by Crippen LogP contribution is -2.45. The maximum atomic E-state index is 12.8. The van der Waals surface area contributed by atoms with Crippen molar-refractivity contribution in [1.82, 2.24) is 0 Å². The smallest absolute Gasteiger partial charge is 0.256 e. The number of aryl methyl sites for hydroxylation is 2. The first-order chi connectivity index (χ1) is 11.3. The van der Waals surface area contributed by atoms with Gasteiger partial charge < -0.3 is 14.8 Å². The van der Waals surface area contributed by atoms with E-state index < -0.39 is 5.60 Å². The third kappa shape index (κ3) is 4.29. The van der Waals surface area contributed by atoms with Crippen LogP contribution in [0.4, 0.5) is 5.69 Å². The standard InChI is InChI=1S/C20H31NO3/c1-7-10-23-20(6,16-8-9-16)19(22)21-17-11-14(4)18(15(5)12-17)24-13(2)3/h11-13,16H,7-10H2,1-6H3,(H,21,22). The molecule has 1 amide bonds. The molecule has 1 N–H and O–H groups in total. The maximum Gasteiger partial charge on any atom is 0.256 e. The molecule has 0 bridgehead atoms. The molecule has 1 fully saturated rings. The highest BCUT2D eigenvalue weighted by molar-refractivity contribution is 5.97. The molecule has 24 heavy (non-hydrogen) atoms. The summed E-state index contributed by atoms with van der Waals surface area (Å²) in [6, 6.07) is 3.94. The fourth-order valence-electron chi connectivity index (χ4n) is 3.02. The average molecular weight is 333 g/mol. The van der Waals surface area contributed by atoms with E-state index in [0.717, 1.165) is 41.8 Å². The van der Waals surface area contributed by atoms with Crippen molar-refractivity contribution in [3.63, 3.8) is 0 Å². The van der Waals surface area contributed by atoms with Crippen molar-refractivity contribution in [3.8, 4) is 5.75 Å². The highest BCUT2D eigenvalue weighted by Crippen LogP contribution is 2.42. The Morgan fingerprint density at radius 2 is 1.88 bits per heavy atom. The van der Waals surface area contributed by atoms with E-state index in [1.54, 1.807) is 0 Å². The molecule has 4 nitrogen and oxygen atoms in total. The molecule has 1 aromatic rings. The van der Waals surface area contributed by atoms with Crippen LogP contribution in [0, 0.1) is 19.8 Å². The van der Waals surface area contributed by atoms with E-state index >= 15 is 0 Å². The van der Waals surface area contributed by atoms with Gasteiger partial charge in [-0.05, 0) is 83.1 Å². The van der Waals surface area contributed by atoms with Crippen molar-refractivity contribution in [2.75, 3.05) is 11.9 Å². The first kappa shape index (κ1) is 18.8. The van der Waals surface area contributed by atoms with Crippen molar-refractivity contribution in [3.05, 3.63) is 23.3 Å². The SMILES string of the molecule is CCCOC(C)(C(=O)Nc1cc(C)c(OC(C)C)c(C)c1)C1CC1. The molecule has 134 valence electrons. The van der Waals surface area contributed by atoms with Gasteiger partial charge in [0.25, 0.3) is 5.91 Å². The minimum atomic E-state index is -0.731. The highest BCUT2D eigenvalue weighted by Gasteiger charge is 2.48. The van der Waals surface area contributed by atoms with Crippen molar-refractivity contribution < 1.29 is 14.3 Å². The van der Waals surface area contributed by atoms with E-state index in [9.17, 15) is 4.79 Å². The highest BCUT2D eigenvalue weighted by atomic mass is 16.5. The first-order valence-electron chi connectivity index (χ1n) is 9.01. The van der Waals surface area contributed by atoms with Crippen LogP contribution in [0.15, 0.2) is 12.1 Å². The zero-order chi connectivity index (χ0) is 17.9. The number of ether oxygens (including phenoxy) is 2. The van der Waals surface area contributed by atoms with Gasteiger partial charge in [-0.15, -0.1) is 0 Å². The Kier molecular flexibility index (Phi) is 5.92. The summed E-state index contributed by atoms with van der Waals surface area (Å²) in [6.45, 7) is 12.6. The lowest BCUT2D eigenvalue weighted by molar-refractivity contribution is -0.142. The molecule has 0 spiro atoms. The fraction of sp³-hybridized carbons (Fsp3) is 0.650. The Balaban J connectivity index is 2.16. The Morgan fingerprint density at radius 3 is 2.33 bits per heavy atom. The van der Waals surface area contributed by atoms with Crippen LogP contribution in [0.2, 0.25) is 0 Å². The van der Waals surface area contributed by atoms with Gasteiger partial charge in [0.15, 0.2) is 0 Å². The van der Waals surface area contributed by atoms with Gasteiger partial charge in [0.1, 0.15) is 11.4 Å². The number of amides is 1. The minimum absolute atomic E-state index is 0.0465. The van der Waals surface area contributed by atoms with Gasteiger partial charge in [-0.2, -0.15) is 0 Å². The second kappa shape index (κ2) is 7.56. The normalized spacial score (nSPS) is 16.8. The number of benzene rings is 1. The fourth-order valence-corrected chi connectivity index (χ4v) is 3.02. The van der Waals surface area contributed by atoms with Crippen LogP contribution in [-0.4, -0.2) is 24.2 Å². The summed E-state index contributed by atoms with van der Waals surface area (Å²) in [6.07, 6.45) is 3.16. The summed E-state index contributed by atoms with van der Waals surface area (Å²) in [5.74, 6) is 1.18. The summed E-state index contributed by atoms with van der Waals surface area (Å²) in [7, 11) is 0. The molecule has 1 aliphatic rings. The van der Waals surface area contributed by atoms with Gasteiger partial charge in [-0.1, -0.05) is 6.92 Å². The first-order valence-corrected chi connectivity index (χ1v) is 9.01. The summed E-state index contributed by atoms with van der Waals surface area (Å²) in [4.78, 5) is 12.8. The van der Waals surface area contributed by atoms with Gasteiger partial charge in [-0.3, -0.25) is 4.79 Å². The van der Waals surface area contributed by atoms with Crippen LogP contribution >= 0.6 is 0 Å². The number of hydrogen-bond donors (Lipinski definition) is 1. The average Bonchev–Trinajstić information content (AvgIpc) is 3.33. The minimum Gasteiger partial charge on any atom is -0.490 e. The Hall–Kier alpha value is -1.55. The Morgan fingerprint density at radius 1 is 1.29 bits per heavy atom. The molecule has 0 saturated heterocycles. The number of nitrogens with one attached hydrogen (secondary N) is 1. The number of carbonyl (C=O) groups excluding carboxylic acids is 1. The van der Waals surface area contributed by atoms with E-state index in [1.165, 1.54) is 0 Å². The van der Waals surface area contributed by atoms with Crippen LogP contribution in [-0.2, 0) is 9.53 Å². The molecule has 2 rings (SSSR count). The maximum absolute atomic E-state index is 12.8. The van der Waals surface area contributed by atoms with Gasteiger partial charge in [0, 0.05) is 12.3 Å². The summed E-state index contributed by atoms with van der Waals surface area (Å²) >= 11 is 0. The van der Waals surface area contributed by atoms with E-state index in [2.05, 4.69) is 12.2 Å². The molecule has 0 aromatic heterocycles. The monoisotopic (exact) mass is 333 g/mol. The predicted molar refractivity (Wildman–Crippen MR) is 97.7 cm³/mol. The number of hydrogen-bond acceptors (Lipinski definition) is 3. The van der Waals surface area contributed by atoms with E-state index in [0.29, 0.717) is 12.5 Å². The summed E-state index contributed by atoms with van der Waals surface area (Å²) < 4.78 is 11.8. The molecule has 1 aliphatic carbocycles. The molecular weight excluding hydrogens is 302 g/mol. The number of anilines is 1. The van der Waals surface area contributed by atoms with Crippen LogP contribution in [0.1, 0.15) is 58.1 Å². The summed E-state index contributed by atoms with van der Waals surface area (Å²) in [5.41, 5.74) is 2.13. The van der Waals surface area contributed by atoms with Gasteiger partial charge in [0.2, 0.25) is 0 Å². The second-order valence-corrected chi connectivity index (χ2v) is 7.29. The van der Waals surface area contributed by atoms with Crippen molar-refractivity contribution >= 4 is 11.6 Å². The lowest BCUT2D eigenvalue weighted by Gasteiger charge is -2.29. The second-order valence-electron chi connectivity index (χ2n) is 7.29. The van der Waals surface area contributed by atoms with Crippen molar-refractivity contribution in [2.24, 2.45) is 5.92 Å². The topological polar surface area (TPSA) is 47.6 Å². The van der Waals surface area contributed by atoms with Crippen molar-refractivity contribution in [2.45, 2.75) is 72.5 Å². The van der Waals surface area contributed by atoms with E-state index in [4.69, 9.17) is 9.47 Å². The van der Waals surface area contributed by atoms with Crippen LogP contribution in [0.3, 0.4) is 0 Å². The summed E-state index contributed by atoms with van der Waals surface area (Å²) in [5, 5.41) is 3.06. The zero-order valence-corrected chi connectivity index (χ0v) is 15.9. The molecule has 1 aromatic carbocycles. The molecule has 0 aliphatic heterocycles. The van der Waals surface area contributed by atoms with Crippen LogP contribution in [0.5, 0.6) is 5.75 Å². The zero-order valence-electron chi connectivity index (χ0n) is 15.9. The molecule has 0 radical (unpaired) electrons. The predicted octanol–water partition coefficient (Wildman–Crippen LogP) is 4.62. The van der Waals surface area contributed by atoms with E-state index in [-0.39, 0.29) is 12.0 Å². The third-order valence-electron chi connectivity index (χ3n) is 4.49. The van der Waals surface area contributed by atoms with Gasteiger partial charge >= 0.3 is 0 Å². The Labute approximate surface area is 145 Å². The molecular formula is C20H31NO3. The lowest BCUT2D eigenvalue weighted by atomic mass is 9.98. The number of carbonyl (C=O) groups is 1. The number of rotatable bonds is 8. The molecule has 4 heteroatoms. The van der Waals surface area contributed by atoms with Crippen LogP contribution in [0.25, 0.3) is 0 Å². The molecule has 0 heterocycles. The van der Waals surface area contributed by atoms with E-state index in [1.807, 2.05) is 46.8 Å². The molecule has 1 atom stereocenters. The largest absolute Gasteiger partial charge is 0.490 e. The van der Waals surface area contributed by atoms with Gasteiger partial charge in [0.05, 0.1) is 6.10 Å². The van der Waals surface area contributed by atoms with Crippen LogP contribution < -0.4 is 10.1 Å². The quantitative estimate of drug-likeness (QED) is 0.755.